The Morgan fingerprint density at radius 3 is 2.43 bits per heavy atom. The van der Waals surface area contributed by atoms with Crippen molar-refractivity contribution < 1.29 is 19.4 Å². The highest BCUT2D eigenvalue weighted by molar-refractivity contribution is 6.32. The van der Waals surface area contributed by atoms with Gasteiger partial charge in [-0.25, -0.2) is 0 Å². The lowest BCUT2D eigenvalue weighted by molar-refractivity contribution is -0.894. The minimum absolute atomic E-state index is 0.0121. The molecule has 0 aliphatic carbocycles. The number of halogens is 1. The van der Waals surface area contributed by atoms with Crippen molar-refractivity contribution in [3.8, 4) is 0 Å². The largest absolute Gasteiger partial charge is 0.344 e. The third-order valence-electron chi connectivity index (χ3n) is 4.23. The van der Waals surface area contributed by atoms with Gasteiger partial charge >= 0.3 is 0 Å². The second-order valence-electron chi connectivity index (χ2n) is 6.57. The molecule has 0 bridgehead atoms. The number of hydrogen-bond acceptors (Lipinski definition) is 4. The predicted octanol–water partition coefficient (Wildman–Crippen LogP) is 1.53. The molecule has 0 aromatic heterocycles. The quantitative estimate of drug-likeness (QED) is 0.539. The second kappa shape index (κ2) is 9.29. The van der Waals surface area contributed by atoms with Gasteiger partial charge in [-0.3, -0.25) is 19.7 Å². The van der Waals surface area contributed by atoms with Gasteiger partial charge in [0.1, 0.15) is 5.02 Å². The maximum atomic E-state index is 13.0. The minimum Gasteiger partial charge on any atom is -0.344 e. The molecule has 28 heavy (non-hydrogen) atoms. The van der Waals surface area contributed by atoms with Gasteiger partial charge in [0.05, 0.1) is 12.0 Å². The van der Waals surface area contributed by atoms with E-state index in [2.05, 4.69) is 5.32 Å². The number of likely N-dealkylation sites (N-methyl/N-ethyl adjacent to an activating group) is 2. The maximum absolute atomic E-state index is 13.0. The van der Waals surface area contributed by atoms with Gasteiger partial charge in [0.25, 0.3) is 17.5 Å². The molecule has 0 aliphatic rings. The van der Waals surface area contributed by atoms with Crippen molar-refractivity contribution in [1.82, 2.24) is 4.90 Å². The summed E-state index contributed by atoms with van der Waals surface area (Å²) >= 11 is 5.82. The molecular formula is C19H22ClN4O4+. The van der Waals surface area contributed by atoms with E-state index >= 15 is 0 Å². The van der Waals surface area contributed by atoms with Gasteiger partial charge in [-0.05, 0) is 12.1 Å². The molecule has 0 radical (unpaired) electrons. The Morgan fingerprint density at radius 2 is 1.86 bits per heavy atom. The topological polar surface area (TPSA) is 97.0 Å². The Morgan fingerprint density at radius 1 is 1.21 bits per heavy atom. The van der Waals surface area contributed by atoms with E-state index in [0.29, 0.717) is 4.90 Å². The molecule has 0 aliphatic heterocycles. The van der Waals surface area contributed by atoms with Crippen LogP contribution < -0.4 is 10.2 Å². The fourth-order valence-electron chi connectivity index (χ4n) is 2.75. The van der Waals surface area contributed by atoms with Crippen LogP contribution in [-0.4, -0.2) is 49.3 Å². The number of carbonyl (C=O) groups is 2. The van der Waals surface area contributed by atoms with Crippen molar-refractivity contribution in [2.24, 2.45) is 0 Å². The van der Waals surface area contributed by atoms with Gasteiger partial charge in [0.2, 0.25) is 0 Å². The predicted molar refractivity (Wildman–Crippen MR) is 106 cm³/mol. The van der Waals surface area contributed by atoms with Crippen LogP contribution in [0.3, 0.4) is 0 Å². The number of benzene rings is 2. The van der Waals surface area contributed by atoms with E-state index in [4.69, 9.17) is 11.6 Å². The number of nitro groups is 1. The standard InChI is InChI=1S/C19H21ClN4O4/c1-22(2)17(25)12-23(3)18(13-7-5-4-6-8-13)19(26)21-14-9-10-15(20)16(11-14)24(27)28/h4-11,18H,12H2,1-3H3,(H,21,26)/p+1/t18-/m1/s1. The number of quaternary nitrogens is 1. The first kappa shape index (κ1) is 21.3. The van der Waals surface area contributed by atoms with Gasteiger partial charge < -0.3 is 15.1 Å². The lowest BCUT2D eigenvalue weighted by atomic mass is 10.0. The van der Waals surface area contributed by atoms with Crippen molar-refractivity contribution >= 4 is 34.8 Å². The Balaban J connectivity index is 2.30. The van der Waals surface area contributed by atoms with E-state index in [-0.39, 0.29) is 34.8 Å². The minimum atomic E-state index is -0.681. The number of hydrogen-bond donors (Lipinski definition) is 2. The zero-order valence-corrected chi connectivity index (χ0v) is 16.6. The van der Waals surface area contributed by atoms with Crippen LogP contribution in [0.15, 0.2) is 48.5 Å². The Bertz CT molecular complexity index is 873. The second-order valence-corrected chi connectivity index (χ2v) is 6.97. The zero-order chi connectivity index (χ0) is 20.8. The fraction of sp³-hybridized carbons (Fsp3) is 0.263. The van der Waals surface area contributed by atoms with Gasteiger partial charge in [-0.1, -0.05) is 41.9 Å². The molecule has 148 valence electrons. The van der Waals surface area contributed by atoms with Crippen LogP contribution in [0.2, 0.25) is 5.02 Å². The van der Waals surface area contributed by atoms with E-state index in [0.717, 1.165) is 5.56 Å². The highest BCUT2D eigenvalue weighted by Crippen LogP contribution is 2.27. The Kier molecular flexibility index (Phi) is 7.08. The molecule has 0 saturated heterocycles. The van der Waals surface area contributed by atoms with E-state index in [1.54, 1.807) is 33.3 Å². The normalized spacial score (nSPS) is 12.7. The van der Waals surface area contributed by atoms with Crippen molar-refractivity contribution in [3.05, 3.63) is 69.2 Å². The molecule has 8 nitrogen and oxygen atoms in total. The molecule has 2 rings (SSSR count). The van der Waals surface area contributed by atoms with Gasteiger partial charge in [-0.2, -0.15) is 0 Å². The molecule has 2 atom stereocenters. The summed E-state index contributed by atoms with van der Waals surface area (Å²) in [5, 5.41) is 13.8. The molecule has 0 heterocycles. The Hall–Kier alpha value is -2.97. The highest BCUT2D eigenvalue weighted by atomic mass is 35.5. The summed E-state index contributed by atoms with van der Waals surface area (Å²) in [4.78, 5) is 37.7. The van der Waals surface area contributed by atoms with Crippen LogP contribution in [0, 0.1) is 10.1 Å². The third kappa shape index (κ3) is 5.28. The molecule has 2 aromatic rings. The number of carbonyl (C=O) groups excluding carboxylic acids is 2. The van der Waals surface area contributed by atoms with Gasteiger partial charge in [0, 0.05) is 31.4 Å². The number of nitro benzene ring substituents is 1. The number of rotatable bonds is 7. The van der Waals surface area contributed by atoms with E-state index in [9.17, 15) is 19.7 Å². The van der Waals surface area contributed by atoms with Crippen LogP contribution >= 0.6 is 11.6 Å². The van der Waals surface area contributed by atoms with E-state index in [1.807, 2.05) is 18.2 Å². The fourth-order valence-corrected chi connectivity index (χ4v) is 2.94. The summed E-state index contributed by atoms with van der Waals surface area (Å²) in [5.41, 5.74) is 0.695. The number of anilines is 1. The maximum Gasteiger partial charge on any atom is 0.289 e. The highest BCUT2D eigenvalue weighted by Gasteiger charge is 2.31. The molecule has 2 amide bonds. The van der Waals surface area contributed by atoms with Crippen molar-refractivity contribution in [3.63, 3.8) is 0 Å². The summed E-state index contributed by atoms with van der Waals surface area (Å²) in [6, 6.07) is 12.4. The van der Waals surface area contributed by atoms with Crippen LogP contribution in [0.1, 0.15) is 11.6 Å². The summed E-state index contributed by atoms with van der Waals surface area (Å²) in [7, 11) is 5.06. The first-order valence-corrected chi connectivity index (χ1v) is 8.90. The molecule has 2 N–H and O–H groups in total. The molecule has 0 spiro atoms. The lowest BCUT2D eigenvalue weighted by Crippen LogP contribution is -3.11. The van der Waals surface area contributed by atoms with Crippen LogP contribution in [0.5, 0.6) is 0 Å². The van der Waals surface area contributed by atoms with Crippen LogP contribution in [0.4, 0.5) is 11.4 Å². The average molecular weight is 406 g/mol. The molecule has 0 fully saturated rings. The monoisotopic (exact) mass is 405 g/mol. The molecular weight excluding hydrogens is 384 g/mol. The first-order chi connectivity index (χ1) is 13.2. The van der Waals surface area contributed by atoms with Crippen LogP contribution in [-0.2, 0) is 9.59 Å². The number of nitrogens with one attached hydrogen (secondary N) is 2. The summed E-state index contributed by atoms with van der Waals surface area (Å²) in [6.45, 7) is 0.112. The molecule has 2 aromatic carbocycles. The van der Waals surface area contributed by atoms with E-state index in [1.165, 1.54) is 23.1 Å². The van der Waals surface area contributed by atoms with Gasteiger partial charge in [0.15, 0.2) is 12.6 Å². The zero-order valence-electron chi connectivity index (χ0n) is 15.8. The molecule has 1 unspecified atom stereocenters. The first-order valence-electron chi connectivity index (χ1n) is 8.53. The van der Waals surface area contributed by atoms with Crippen LogP contribution in [0.25, 0.3) is 0 Å². The smallest absolute Gasteiger partial charge is 0.289 e. The van der Waals surface area contributed by atoms with Gasteiger partial charge in [-0.15, -0.1) is 0 Å². The molecule has 9 heteroatoms. The average Bonchev–Trinajstić information content (AvgIpc) is 2.64. The number of amides is 2. The molecule has 0 saturated carbocycles. The Labute approximate surface area is 167 Å². The van der Waals surface area contributed by atoms with Crippen molar-refractivity contribution in [2.75, 3.05) is 33.0 Å². The van der Waals surface area contributed by atoms with Crippen molar-refractivity contribution in [2.45, 2.75) is 6.04 Å². The summed E-state index contributed by atoms with van der Waals surface area (Å²) in [6.07, 6.45) is 0. The SMILES string of the molecule is CN(C)C(=O)C[NH+](C)[C@@H](C(=O)Nc1ccc(Cl)c([N+](=O)[O-])c1)c1ccccc1. The number of nitrogens with zero attached hydrogens (tertiary/aromatic N) is 2. The summed E-state index contributed by atoms with van der Waals surface area (Å²) < 4.78 is 0. The van der Waals surface area contributed by atoms with E-state index < -0.39 is 11.0 Å². The van der Waals surface area contributed by atoms with Crippen molar-refractivity contribution in [1.29, 1.82) is 0 Å². The lowest BCUT2D eigenvalue weighted by Gasteiger charge is -2.25. The third-order valence-corrected chi connectivity index (χ3v) is 4.55. The summed E-state index contributed by atoms with van der Waals surface area (Å²) in [5.74, 6) is -0.500.